The van der Waals surface area contributed by atoms with E-state index in [9.17, 15) is 4.79 Å². The molecule has 1 saturated heterocycles. The molecule has 1 aliphatic rings. The lowest BCUT2D eigenvalue weighted by Crippen LogP contribution is -2.62. The molecule has 3 N–H and O–H groups in total. The number of carbonyl (C=O) groups excluding carboxylic acids is 1. The average molecular weight is 299 g/mol. The Morgan fingerprint density at radius 1 is 1.14 bits per heavy atom. The van der Waals surface area contributed by atoms with Gasteiger partial charge >= 0.3 is 6.09 Å². The minimum absolute atomic E-state index is 0.137. The molecule has 1 amide bonds. The fourth-order valence-corrected chi connectivity index (χ4v) is 3.22. The predicted octanol–water partition coefficient (Wildman–Crippen LogP) is 2.41. The first-order valence-corrected chi connectivity index (χ1v) is 7.88. The van der Waals surface area contributed by atoms with Crippen LogP contribution in [0.15, 0.2) is 0 Å². The van der Waals surface area contributed by atoms with Crippen molar-refractivity contribution in [1.82, 2.24) is 16.0 Å². The summed E-state index contributed by atoms with van der Waals surface area (Å²) in [5.41, 5.74) is -0.170. The van der Waals surface area contributed by atoms with E-state index in [1.165, 1.54) is 0 Å². The van der Waals surface area contributed by atoms with Crippen LogP contribution in [0.1, 0.15) is 61.3 Å². The van der Waals surface area contributed by atoms with Crippen LogP contribution in [0.2, 0.25) is 0 Å². The van der Waals surface area contributed by atoms with E-state index in [1.54, 1.807) is 0 Å². The number of hydrogen-bond acceptors (Lipinski definition) is 4. The maximum atomic E-state index is 11.5. The Morgan fingerprint density at radius 2 is 1.67 bits per heavy atom. The number of rotatable bonds is 4. The summed E-state index contributed by atoms with van der Waals surface area (Å²) in [7, 11) is 0. The van der Waals surface area contributed by atoms with Gasteiger partial charge in [-0.05, 0) is 61.3 Å². The van der Waals surface area contributed by atoms with Gasteiger partial charge < -0.3 is 20.7 Å². The first-order chi connectivity index (χ1) is 9.39. The molecule has 1 heterocycles. The molecule has 0 radical (unpaired) electrons. The zero-order valence-electron chi connectivity index (χ0n) is 14.7. The van der Waals surface area contributed by atoms with E-state index in [1.807, 2.05) is 20.8 Å². The van der Waals surface area contributed by atoms with Gasteiger partial charge in [-0.2, -0.15) is 0 Å². The van der Waals surface area contributed by atoms with Crippen molar-refractivity contribution >= 4 is 6.09 Å². The van der Waals surface area contributed by atoms with Crippen LogP contribution in [-0.2, 0) is 4.74 Å². The smallest absolute Gasteiger partial charge is 0.407 e. The molecule has 0 spiro atoms. The van der Waals surface area contributed by atoms with Crippen molar-refractivity contribution in [3.8, 4) is 0 Å². The highest BCUT2D eigenvalue weighted by molar-refractivity contribution is 5.67. The third kappa shape index (κ3) is 7.67. The lowest BCUT2D eigenvalue weighted by atomic mass is 9.79. The molecule has 124 valence electrons. The zero-order valence-corrected chi connectivity index (χ0v) is 14.7. The van der Waals surface area contributed by atoms with Crippen LogP contribution in [0.25, 0.3) is 0 Å². The van der Waals surface area contributed by atoms with E-state index in [4.69, 9.17) is 4.74 Å². The van der Waals surface area contributed by atoms with Gasteiger partial charge in [0, 0.05) is 30.2 Å². The van der Waals surface area contributed by atoms with Gasteiger partial charge in [-0.1, -0.05) is 0 Å². The first-order valence-electron chi connectivity index (χ1n) is 7.88. The molecule has 1 rings (SSSR count). The molecule has 5 nitrogen and oxygen atoms in total. The lowest BCUT2D eigenvalue weighted by molar-refractivity contribution is 0.0526. The average Bonchev–Trinajstić information content (AvgIpc) is 2.17. The minimum Gasteiger partial charge on any atom is -0.444 e. The van der Waals surface area contributed by atoms with Crippen molar-refractivity contribution in [3.63, 3.8) is 0 Å². The van der Waals surface area contributed by atoms with E-state index in [2.05, 4.69) is 43.6 Å². The quantitative estimate of drug-likeness (QED) is 0.698. The minimum atomic E-state index is -0.444. The first kappa shape index (κ1) is 18.2. The van der Waals surface area contributed by atoms with Gasteiger partial charge in [-0.3, -0.25) is 0 Å². The Hall–Kier alpha value is -0.810. The van der Waals surface area contributed by atoms with E-state index in [-0.39, 0.29) is 17.2 Å². The second-order valence-corrected chi connectivity index (χ2v) is 8.38. The Balaban J connectivity index is 2.28. The highest BCUT2D eigenvalue weighted by Crippen LogP contribution is 2.28. The van der Waals surface area contributed by atoms with Crippen molar-refractivity contribution in [2.45, 2.75) is 84.0 Å². The van der Waals surface area contributed by atoms with Crippen molar-refractivity contribution in [3.05, 3.63) is 0 Å². The summed E-state index contributed by atoms with van der Waals surface area (Å²) >= 11 is 0. The molecular formula is C16H33N3O2. The van der Waals surface area contributed by atoms with Crippen LogP contribution in [0.4, 0.5) is 4.79 Å². The Morgan fingerprint density at radius 3 is 2.14 bits per heavy atom. The normalized spacial score (nSPS) is 21.9. The SMILES string of the molecule is CC1(C)CC(NCCNC(=O)OC(C)(C)C)CC(C)(C)N1. The van der Waals surface area contributed by atoms with Gasteiger partial charge in [0.2, 0.25) is 0 Å². The molecule has 0 bridgehead atoms. The van der Waals surface area contributed by atoms with Crippen LogP contribution in [0.3, 0.4) is 0 Å². The lowest BCUT2D eigenvalue weighted by Gasteiger charge is -2.46. The van der Waals surface area contributed by atoms with Crippen LogP contribution >= 0.6 is 0 Å². The van der Waals surface area contributed by atoms with Crippen molar-refractivity contribution in [2.24, 2.45) is 0 Å². The molecule has 0 aromatic heterocycles. The van der Waals surface area contributed by atoms with Crippen LogP contribution < -0.4 is 16.0 Å². The summed E-state index contributed by atoms with van der Waals surface area (Å²) < 4.78 is 5.21. The second kappa shape index (κ2) is 6.53. The van der Waals surface area contributed by atoms with E-state index >= 15 is 0 Å². The molecule has 0 atom stereocenters. The largest absolute Gasteiger partial charge is 0.444 e. The van der Waals surface area contributed by atoms with Gasteiger partial charge in [-0.25, -0.2) is 4.79 Å². The van der Waals surface area contributed by atoms with Crippen LogP contribution in [-0.4, -0.2) is 41.9 Å². The number of ether oxygens (including phenoxy) is 1. The van der Waals surface area contributed by atoms with E-state index in [0.717, 1.165) is 19.4 Å². The van der Waals surface area contributed by atoms with Gasteiger partial charge in [0.15, 0.2) is 0 Å². The van der Waals surface area contributed by atoms with Gasteiger partial charge in [-0.15, -0.1) is 0 Å². The highest BCUT2D eigenvalue weighted by atomic mass is 16.6. The molecule has 1 fully saturated rings. The van der Waals surface area contributed by atoms with Crippen LogP contribution in [0.5, 0.6) is 0 Å². The van der Waals surface area contributed by atoms with Crippen molar-refractivity contribution in [2.75, 3.05) is 13.1 Å². The number of hydrogen-bond donors (Lipinski definition) is 3. The maximum Gasteiger partial charge on any atom is 0.407 e. The van der Waals surface area contributed by atoms with Gasteiger partial charge in [0.1, 0.15) is 5.60 Å². The molecule has 1 aliphatic heterocycles. The van der Waals surface area contributed by atoms with Crippen LogP contribution in [0, 0.1) is 0 Å². The molecule has 0 unspecified atom stereocenters. The molecule has 0 aliphatic carbocycles. The monoisotopic (exact) mass is 299 g/mol. The number of alkyl carbamates (subject to hydrolysis) is 1. The number of carbonyl (C=O) groups is 1. The molecule has 21 heavy (non-hydrogen) atoms. The zero-order chi connectivity index (χ0) is 16.3. The standard InChI is InChI=1S/C16H33N3O2/c1-14(2,3)21-13(20)18-9-8-17-12-10-15(4,5)19-16(6,7)11-12/h12,17,19H,8-11H2,1-7H3,(H,18,20). The fraction of sp³-hybridized carbons (Fsp3) is 0.938. The number of piperidine rings is 1. The van der Waals surface area contributed by atoms with Crippen molar-refractivity contribution in [1.29, 1.82) is 0 Å². The maximum absolute atomic E-state index is 11.5. The fourth-order valence-electron chi connectivity index (χ4n) is 3.22. The molecule has 5 heteroatoms. The predicted molar refractivity (Wildman–Crippen MR) is 86.6 cm³/mol. The van der Waals surface area contributed by atoms with E-state index in [0.29, 0.717) is 12.6 Å². The van der Waals surface area contributed by atoms with Crippen molar-refractivity contribution < 1.29 is 9.53 Å². The summed E-state index contributed by atoms with van der Waals surface area (Å²) in [6.45, 7) is 15.9. The summed E-state index contributed by atoms with van der Waals surface area (Å²) in [5, 5.41) is 9.99. The Bertz CT molecular complexity index is 343. The van der Waals surface area contributed by atoms with E-state index < -0.39 is 5.60 Å². The summed E-state index contributed by atoms with van der Waals surface area (Å²) in [5.74, 6) is 0. The third-order valence-electron chi connectivity index (χ3n) is 3.42. The summed E-state index contributed by atoms with van der Waals surface area (Å²) in [6.07, 6.45) is 1.82. The topological polar surface area (TPSA) is 62.4 Å². The van der Waals surface area contributed by atoms with Gasteiger partial charge in [0.05, 0.1) is 0 Å². The molecular weight excluding hydrogens is 266 g/mol. The summed E-state index contributed by atoms with van der Waals surface area (Å²) in [4.78, 5) is 11.5. The molecule has 0 saturated carbocycles. The highest BCUT2D eigenvalue weighted by Gasteiger charge is 2.37. The third-order valence-corrected chi connectivity index (χ3v) is 3.42. The van der Waals surface area contributed by atoms with Gasteiger partial charge in [0.25, 0.3) is 0 Å². The number of amides is 1. The summed E-state index contributed by atoms with van der Waals surface area (Å²) in [6, 6.07) is 0.469. The molecule has 0 aromatic carbocycles. The Kier molecular flexibility index (Phi) is 5.67. The second-order valence-electron chi connectivity index (χ2n) is 8.38. The number of nitrogens with one attached hydrogen (secondary N) is 3. The Labute approximate surface area is 129 Å². The molecule has 0 aromatic rings.